The number of amides is 1. The molecule has 4 rings (SSSR count). The molecule has 0 fully saturated rings. The molecule has 0 bridgehead atoms. The summed E-state index contributed by atoms with van der Waals surface area (Å²) in [5, 5.41) is 3.79. The molecule has 1 amide bonds. The molecular formula is C21H17Br2N4OS+. The SMILES string of the molecule is O=C(CSc1[nH]c2ccccc2[n+]1Cc1ccccc1)Nc1ncc(Br)cc1Br. The van der Waals surface area contributed by atoms with Crippen LogP contribution in [0.2, 0.25) is 0 Å². The average Bonchev–Trinajstić information content (AvgIpc) is 3.07. The van der Waals surface area contributed by atoms with Gasteiger partial charge in [-0.1, -0.05) is 42.5 Å². The summed E-state index contributed by atoms with van der Waals surface area (Å²) >= 11 is 8.25. The Morgan fingerprint density at radius 2 is 1.86 bits per heavy atom. The van der Waals surface area contributed by atoms with Gasteiger partial charge in [-0.2, -0.15) is 0 Å². The van der Waals surface area contributed by atoms with E-state index in [2.05, 4.69) is 69.9 Å². The van der Waals surface area contributed by atoms with Gasteiger partial charge < -0.3 is 5.32 Å². The highest BCUT2D eigenvalue weighted by atomic mass is 79.9. The highest BCUT2D eigenvalue weighted by Gasteiger charge is 2.20. The van der Waals surface area contributed by atoms with Crippen LogP contribution in [0.4, 0.5) is 5.82 Å². The molecule has 0 saturated heterocycles. The number of H-pyrrole nitrogens is 1. The van der Waals surface area contributed by atoms with E-state index >= 15 is 0 Å². The van der Waals surface area contributed by atoms with Crippen molar-refractivity contribution in [1.29, 1.82) is 0 Å². The van der Waals surface area contributed by atoms with Gasteiger partial charge in [0.05, 0.1) is 10.2 Å². The number of para-hydroxylation sites is 2. The number of nitrogens with zero attached hydrogens (tertiary/aromatic N) is 2. The number of anilines is 1. The van der Waals surface area contributed by atoms with Gasteiger partial charge in [-0.25, -0.2) is 14.5 Å². The maximum absolute atomic E-state index is 12.5. The van der Waals surface area contributed by atoms with Gasteiger partial charge in [-0.15, -0.1) is 0 Å². The van der Waals surface area contributed by atoms with Crippen LogP contribution in [0.1, 0.15) is 5.56 Å². The molecule has 0 aliphatic rings. The normalized spacial score (nSPS) is 11.0. The van der Waals surface area contributed by atoms with E-state index in [1.54, 1.807) is 6.20 Å². The fraction of sp³-hybridized carbons (Fsp3) is 0.0952. The molecular weight excluding hydrogens is 516 g/mol. The number of aromatic amines is 1. The molecule has 0 unspecified atom stereocenters. The van der Waals surface area contributed by atoms with Gasteiger partial charge >= 0.3 is 5.16 Å². The van der Waals surface area contributed by atoms with E-state index in [9.17, 15) is 4.79 Å². The molecule has 29 heavy (non-hydrogen) atoms. The maximum Gasteiger partial charge on any atom is 0.317 e. The Morgan fingerprint density at radius 3 is 2.66 bits per heavy atom. The second-order valence-electron chi connectivity index (χ2n) is 6.34. The van der Waals surface area contributed by atoms with Gasteiger partial charge in [-0.05, 0) is 67.4 Å². The van der Waals surface area contributed by atoms with Crippen molar-refractivity contribution in [3.63, 3.8) is 0 Å². The van der Waals surface area contributed by atoms with Crippen LogP contribution in [0, 0.1) is 0 Å². The number of aromatic nitrogens is 3. The number of thioether (sulfide) groups is 1. The third-order valence-electron chi connectivity index (χ3n) is 4.27. The Balaban J connectivity index is 1.52. The third kappa shape index (κ3) is 4.88. The molecule has 5 nitrogen and oxygen atoms in total. The zero-order valence-corrected chi connectivity index (χ0v) is 19.2. The summed E-state index contributed by atoms with van der Waals surface area (Å²) in [5.74, 6) is 0.661. The monoisotopic (exact) mass is 531 g/mol. The number of rotatable bonds is 6. The molecule has 2 aromatic carbocycles. The lowest BCUT2D eigenvalue weighted by atomic mass is 10.2. The lowest BCUT2D eigenvalue weighted by Gasteiger charge is -2.06. The minimum Gasteiger partial charge on any atom is -0.309 e. The molecule has 146 valence electrons. The van der Waals surface area contributed by atoms with Crippen LogP contribution in [0.25, 0.3) is 11.0 Å². The fourth-order valence-corrected chi connectivity index (χ4v) is 4.88. The second-order valence-corrected chi connectivity index (χ2v) is 9.07. The standard InChI is InChI=1S/C21H16Br2N4OS/c22-15-10-16(23)20(24-11-15)26-19(28)13-29-21-25-17-8-4-5-9-18(17)27(21)12-14-6-2-1-3-7-14/h1-11H,12-13H2,(H,24,26,28)/p+1. The summed E-state index contributed by atoms with van der Waals surface area (Å²) in [4.78, 5) is 20.2. The summed E-state index contributed by atoms with van der Waals surface area (Å²) < 4.78 is 3.78. The van der Waals surface area contributed by atoms with Crippen LogP contribution in [-0.4, -0.2) is 21.6 Å². The first-order valence-corrected chi connectivity index (χ1v) is 11.5. The summed E-state index contributed by atoms with van der Waals surface area (Å²) in [6, 6.07) is 20.3. The predicted octanol–water partition coefficient (Wildman–Crippen LogP) is 5.15. The lowest BCUT2D eigenvalue weighted by molar-refractivity contribution is -0.700. The van der Waals surface area contributed by atoms with Crippen molar-refractivity contribution < 1.29 is 9.36 Å². The summed E-state index contributed by atoms with van der Waals surface area (Å²) in [5.41, 5.74) is 3.36. The molecule has 2 aromatic heterocycles. The number of carbonyl (C=O) groups excluding carboxylic acids is 1. The van der Waals surface area contributed by atoms with E-state index in [0.29, 0.717) is 5.82 Å². The molecule has 0 aliphatic heterocycles. The first-order valence-electron chi connectivity index (χ1n) is 8.88. The lowest BCUT2D eigenvalue weighted by Crippen LogP contribution is -2.35. The minimum atomic E-state index is -0.115. The van der Waals surface area contributed by atoms with E-state index in [-0.39, 0.29) is 11.7 Å². The Hall–Kier alpha value is -2.16. The first kappa shape index (κ1) is 20.1. The Labute approximate surface area is 189 Å². The van der Waals surface area contributed by atoms with Crippen LogP contribution in [0.5, 0.6) is 0 Å². The van der Waals surface area contributed by atoms with E-state index in [1.165, 1.54) is 17.3 Å². The largest absolute Gasteiger partial charge is 0.317 e. The van der Waals surface area contributed by atoms with Gasteiger partial charge in [0, 0.05) is 10.7 Å². The summed E-state index contributed by atoms with van der Waals surface area (Å²) in [7, 11) is 0. The quantitative estimate of drug-likeness (QED) is 0.266. The van der Waals surface area contributed by atoms with E-state index in [4.69, 9.17) is 0 Å². The molecule has 2 N–H and O–H groups in total. The van der Waals surface area contributed by atoms with Crippen LogP contribution < -0.4 is 9.88 Å². The number of fused-ring (bicyclic) bond motifs is 1. The van der Waals surface area contributed by atoms with Crippen molar-refractivity contribution in [3.8, 4) is 0 Å². The average molecular weight is 533 g/mol. The number of halogens is 2. The van der Waals surface area contributed by atoms with E-state index in [0.717, 1.165) is 31.7 Å². The number of imidazole rings is 1. The molecule has 0 saturated carbocycles. The predicted molar refractivity (Wildman–Crippen MR) is 123 cm³/mol. The maximum atomic E-state index is 12.5. The zero-order valence-electron chi connectivity index (χ0n) is 15.2. The van der Waals surface area contributed by atoms with Gasteiger partial charge in [-0.3, -0.25) is 4.79 Å². The fourth-order valence-electron chi connectivity index (χ4n) is 2.95. The Bertz CT molecular complexity index is 1160. The number of nitrogens with one attached hydrogen (secondary N) is 2. The number of benzene rings is 2. The Morgan fingerprint density at radius 1 is 1.10 bits per heavy atom. The van der Waals surface area contributed by atoms with Gasteiger partial charge in [0.25, 0.3) is 0 Å². The van der Waals surface area contributed by atoms with Crippen molar-refractivity contribution in [1.82, 2.24) is 9.97 Å². The minimum absolute atomic E-state index is 0.115. The molecule has 4 aromatic rings. The number of hydrogen-bond donors (Lipinski definition) is 2. The molecule has 0 spiro atoms. The van der Waals surface area contributed by atoms with Crippen molar-refractivity contribution in [2.45, 2.75) is 11.7 Å². The first-order chi connectivity index (χ1) is 14.1. The topological polar surface area (TPSA) is 61.7 Å². The molecule has 2 heterocycles. The van der Waals surface area contributed by atoms with Crippen LogP contribution >= 0.6 is 43.6 Å². The van der Waals surface area contributed by atoms with E-state index in [1.807, 2.05) is 42.5 Å². The third-order valence-corrected chi connectivity index (χ3v) is 6.31. The summed E-state index contributed by atoms with van der Waals surface area (Å²) in [6.07, 6.45) is 1.65. The highest BCUT2D eigenvalue weighted by Crippen LogP contribution is 2.24. The molecule has 0 aliphatic carbocycles. The Kier molecular flexibility index (Phi) is 6.32. The van der Waals surface area contributed by atoms with Gasteiger partial charge in [0.15, 0.2) is 11.0 Å². The molecule has 0 radical (unpaired) electrons. The van der Waals surface area contributed by atoms with Crippen molar-refractivity contribution in [2.75, 3.05) is 11.1 Å². The van der Waals surface area contributed by atoms with Gasteiger partial charge in [0.2, 0.25) is 5.91 Å². The second kappa shape index (κ2) is 9.11. The summed E-state index contributed by atoms with van der Waals surface area (Å²) in [6.45, 7) is 0.731. The van der Waals surface area contributed by atoms with Crippen molar-refractivity contribution in [2.24, 2.45) is 0 Å². The van der Waals surface area contributed by atoms with Crippen LogP contribution in [-0.2, 0) is 11.3 Å². The molecule has 0 atom stereocenters. The van der Waals surface area contributed by atoms with Crippen molar-refractivity contribution in [3.05, 3.63) is 81.4 Å². The van der Waals surface area contributed by atoms with E-state index < -0.39 is 0 Å². The molecule has 8 heteroatoms. The number of hydrogen-bond acceptors (Lipinski definition) is 3. The van der Waals surface area contributed by atoms with Crippen LogP contribution in [0.3, 0.4) is 0 Å². The van der Waals surface area contributed by atoms with Gasteiger partial charge in [0.1, 0.15) is 12.4 Å². The highest BCUT2D eigenvalue weighted by molar-refractivity contribution is 9.11. The zero-order chi connectivity index (χ0) is 20.2. The van der Waals surface area contributed by atoms with Crippen molar-refractivity contribution >= 4 is 66.4 Å². The number of carbonyl (C=O) groups is 1. The number of pyridine rings is 1. The van der Waals surface area contributed by atoms with Crippen LogP contribution in [0.15, 0.2) is 81.0 Å². The smallest absolute Gasteiger partial charge is 0.309 e.